The second-order valence-corrected chi connectivity index (χ2v) is 5.97. The van der Waals surface area contributed by atoms with Crippen LogP contribution in [-0.4, -0.2) is 0 Å². The Labute approximate surface area is 148 Å². The van der Waals surface area contributed by atoms with Crippen LogP contribution in [0.3, 0.4) is 0 Å². The summed E-state index contributed by atoms with van der Waals surface area (Å²) in [7, 11) is 0. The Morgan fingerprint density at radius 2 is 1.80 bits per heavy atom. The summed E-state index contributed by atoms with van der Waals surface area (Å²) in [5, 5.41) is 0. The topological polar surface area (TPSA) is 18.5 Å². The highest BCUT2D eigenvalue weighted by Crippen LogP contribution is 2.39. The molecule has 0 spiro atoms. The number of fused-ring (bicyclic) bond motifs is 3. The van der Waals surface area contributed by atoms with E-state index in [1.165, 1.54) is 5.56 Å². The summed E-state index contributed by atoms with van der Waals surface area (Å²) in [6.07, 6.45) is 0. The maximum absolute atomic E-state index is 5.93. The monoisotopic (exact) mass is 326 g/mol. The lowest BCUT2D eigenvalue weighted by atomic mass is 9.96. The fraction of sp³-hybridized carbons (Fsp3) is 0.130. The van der Waals surface area contributed by atoms with Gasteiger partial charge in [0.25, 0.3) is 0 Å². The second-order valence-electron chi connectivity index (χ2n) is 5.97. The van der Waals surface area contributed by atoms with Gasteiger partial charge < -0.3 is 9.47 Å². The molecular formula is C23H18O2. The third kappa shape index (κ3) is 3.22. The van der Waals surface area contributed by atoms with Gasteiger partial charge in [0.1, 0.15) is 24.7 Å². The van der Waals surface area contributed by atoms with Crippen molar-refractivity contribution in [2.24, 2.45) is 0 Å². The van der Waals surface area contributed by atoms with Crippen molar-refractivity contribution >= 4 is 0 Å². The van der Waals surface area contributed by atoms with Crippen LogP contribution in [0.15, 0.2) is 66.7 Å². The number of rotatable bonds is 3. The van der Waals surface area contributed by atoms with Crippen molar-refractivity contribution in [1.82, 2.24) is 0 Å². The Morgan fingerprint density at radius 1 is 0.960 bits per heavy atom. The molecule has 3 aromatic carbocycles. The number of benzene rings is 3. The van der Waals surface area contributed by atoms with Gasteiger partial charge in [-0.15, -0.1) is 5.92 Å². The van der Waals surface area contributed by atoms with Gasteiger partial charge in [0.15, 0.2) is 0 Å². The Bertz CT molecular complexity index is 962. The normalized spacial score (nSPS) is 11.4. The highest BCUT2D eigenvalue weighted by molar-refractivity contribution is 5.76. The molecule has 25 heavy (non-hydrogen) atoms. The maximum atomic E-state index is 5.93. The van der Waals surface area contributed by atoms with E-state index in [0.29, 0.717) is 13.2 Å². The van der Waals surface area contributed by atoms with Crippen LogP contribution in [0.5, 0.6) is 11.5 Å². The molecule has 0 fully saturated rings. The first kappa shape index (κ1) is 15.4. The fourth-order valence-electron chi connectivity index (χ4n) is 3.02. The summed E-state index contributed by atoms with van der Waals surface area (Å²) >= 11 is 0. The number of hydrogen-bond acceptors (Lipinski definition) is 2. The lowest BCUT2D eigenvalue weighted by molar-refractivity contribution is 0.293. The van der Waals surface area contributed by atoms with Crippen molar-refractivity contribution in [2.75, 3.05) is 0 Å². The molecule has 2 nitrogen and oxygen atoms in total. The first-order valence-electron chi connectivity index (χ1n) is 8.33. The predicted molar refractivity (Wildman–Crippen MR) is 99.5 cm³/mol. The van der Waals surface area contributed by atoms with Crippen molar-refractivity contribution in [1.29, 1.82) is 0 Å². The minimum absolute atomic E-state index is 0.549. The van der Waals surface area contributed by atoms with Gasteiger partial charge in [-0.3, -0.25) is 0 Å². The SMILES string of the molecule is CC#Cc1ccc2c(c1)OCc1cc(OCc3ccccc3)ccc1-2. The van der Waals surface area contributed by atoms with E-state index in [0.717, 1.165) is 33.8 Å². The van der Waals surface area contributed by atoms with E-state index < -0.39 is 0 Å². The van der Waals surface area contributed by atoms with Crippen LogP contribution in [0.25, 0.3) is 11.1 Å². The average Bonchev–Trinajstić information content (AvgIpc) is 2.67. The van der Waals surface area contributed by atoms with E-state index >= 15 is 0 Å². The fourth-order valence-corrected chi connectivity index (χ4v) is 3.02. The zero-order valence-electron chi connectivity index (χ0n) is 14.1. The summed E-state index contributed by atoms with van der Waals surface area (Å²) < 4.78 is 11.9. The summed E-state index contributed by atoms with van der Waals surface area (Å²) in [5.41, 5.74) is 5.59. The standard InChI is InChI=1S/C23H18O2/c1-2-6-17-9-11-22-21-12-10-20(14-19(21)16-25-23(22)13-17)24-15-18-7-4-3-5-8-18/h3-5,7-14H,15-16H2,1H3. The van der Waals surface area contributed by atoms with Gasteiger partial charge >= 0.3 is 0 Å². The van der Waals surface area contributed by atoms with Crippen LogP contribution in [0.2, 0.25) is 0 Å². The Hall–Kier alpha value is -3.18. The summed E-state index contributed by atoms with van der Waals surface area (Å²) in [6, 6.07) is 22.5. The number of hydrogen-bond donors (Lipinski definition) is 0. The second kappa shape index (κ2) is 6.75. The predicted octanol–water partition coefficient (Wildman–Crippen LogP) is 5.20. The molecule has 122 valence electrons. The molecule has 0 aliphatic carbocycles. The Balaban J connectivity index is 1.58. The quantitative estimate of drug-likeness (QED) is 0.616. The molecule has 2 heteroatoms. The van der Waals surface area contributed by atoms with Gasteiger partial charge in [0.2, 0.25) is 0 Å². The van der Waals surface area contributed by atoms with E-state index in [1.54, 1.807) is 0 Å². The van der Waals surface area contributed by atoms with Gasteiger partial charge in [0, 0.05) is 16.7 Å². The highest BCUT2D eigenvalue weighted by Gasteiger charge is 2.18. The molecule has 1 aliphatic heterocycles. The zero-order chi connectivity index (χ0) is 17.1. The molecule has 1 aliphatic rings. The lowest BCUT2D eigenvalue weighted by Gasteiger charge is -2.21. The van der Waals surface area contributed by atoms with Crippen LogP contribution in [0.4, 0.5) is 0 Å². The van der Waals surface area contributed by atoms with E-state index in [4.69, 9.17) is 9.47 Å². The van der Waals surface area contributed by atoms with Gasteiger partial charge in [0.05, 0.1) is 0 Å². The van der Waals surface area contributed by atoms with E-state index in [1.807, 2.05) is 43.3 Å². The largest absolute Gasteiger partial charge is 0.489 e. The van der Waals surface area contributed by atoms with Crippen molar-refractivity contribution in [2.45, 2.75) is 20.1 Å². The summed E-state index contributed by atoms with van der Waals surface area (Å²) in [4.78, 5) is 0. The minimum atomic E-state index is 0.549. The van der Waals surface area contributed by atoms with Crippen LogP contribution in [0.1, 0.15) is 23.6 Å². The van der Waals surface area contributed by atoms with Gasteiger partial charge in [-0.2, -0.15) is 0 Å². The van der Waals surface area contributed by atoms with Crippen molar-refractivity contribution in [3.05, 3.63) is 83.4 Å². The molecule has 3 aromatic rings. The van der Waals surface area contributed by atoms with Gasteiger partial charge in [-0.1, -0.05) is 42.3 Å². The molecule has 0 saturated carbocycles. The molecule has 0 N–H and O–H groups in total. The van der Waals surface area contributed by atoms with Crippen LogP contribution < -0.4 is 9.47 Å². The number of ether oxygens (including phenoxy) is 2. The summed E-state index contributed by atoms with van der Waals surface area (Å²) in [6.45, 7) is 2.95. The molecule has 0 saturated heterocycles. The van der Waals surface area contributed by atoms with Crippen molar-refractivity contribution in [3.8, 4) is 34.5 Å². The molecular weight excluding hydrogens is 308 g/mol. The highest BCUT2D eigenvalue weighted by atomic mass is 16.5. The van der Waals surface area contributed by atoms with Crippen molar-refractivity contribution in [3.63, 3.8) is 0 Å². The van der Waals surface area contributed by atoms with E-state index in [2.05, 4.69) is 42.2 Å². The lowest BCUT2D eigenvalue weighted by Crippen LogP contribution is -2.06. The van der Waals surface area contributed by atoms with Crippen LogP contribution in [-0.2, 0) is 13.2 Å². The molecule has 0 unspecified atom stereocenters. The average molecular weight is 326 g/mol. The molecule has 0 bridgehead atoms. The molecule has 0 radical (unpaired) electrons. The molecule has 0 aromatic heterocycles. The zero-order valence-corrected chi connectivity index (χ0v) is 14.1. The van der Waals surface area contributed by atoms with Gasteiger partial charge in [-0.25, -0.2) is 0 Å². The molecule has 1 heterocycles. The molecule has 0 amide bonds. The molecule has 4 rings (SSSR count). The first-order valence-corrected chi connectivity index (χ1v) is 8.33. The summed E-state index contributed by atoms with van der Waals surface area (Å²) in [5.74, 6) is 7.75. The smallest absolute Gasteiger partial charge is 0.128 e. The first-order chi connectivity index (χ1) is 12.3. The third-order valence-corrected chi connectivity index (χ3v) is 4.25. The maximum Gasteiger partial charge on any atom is 0.128 e. The third-order valence-electron chi connectivity index (χ3n) is 4.25. The van der Waals surface area contributed by atoms with Crippen LogP contribution in [0, 0.1) is 11.8 Å². The van der Waals surface area contributed by atoms with E-state index in [9.17, 15) is 0 Å². The molecule has 0 atom stereocenters. The minimum Gasteiger partial charge on any atom is -0.489 e. The van der Waals surface area contributed by atoms with Crippen LogP contribution >= 0.6 is 0 Å². The Morgan fingerprint density at radius 3 is 2.64 bits per heavy atom. The Kier molecular flexibility index (Phi) is 4.14. The van der Waals surface area contributed by atoms with E-state index in [-0.39, 0.29) is 0 Å². The van der Waals surface area contributed by atoms with Gasteiger partial charge in [-0.05, 0) is 48.4 Å². The van der Waals surface area contributed by atoms with Crippen molar-refractivity contribution < 1.29 is 9.47 Å².